The second kappa shape index (κ2) is 5.45. The quantitative estimate of drug-likeness (QED) is 0.645. The Morgan fingerprint density at radius 2 is 2.00 bits per heavy atom. The van der Waals surface area contributed by atoms with Crippen molar-refractivity contribution in [2.75, 3.05) is 0 Å². The number of nitro groups is 2. The Hall–Kier alpha value is -2.81. The van der Waals surface area contributed by atoms with Crippen molar-refractivity contribution >= 4 is 11.4 Å². The predicted molar refractivity (Wildman–Crippen MR) is 69.0 cm³/mol. The molecule has 9 nitrogen and oxygen atoms in total. The molecule has 0 radical (unpaired) electrons. The lowest BCUT2D eigenvalue weighted by Crippen LogP contribution is -2.03. The number of nitrogens with two attached hydrogens (primary N) is 1. The van der Waals surface area contributed by atoms with Gasteiger partial charge < -0.3 is 10.3 Å². The number of benzene rings is 1. The van der Waals surface area contributed by atoms with Crippen LogP contribution in [0.15, 0.2) is 30.7 Å². The Bertz CT molecular complexity index is 667. The number of nitro benzene ring substituents is 2. The first-order valence-electron chi connectivity index (χ1n) is 5.63. The molecule has 20 heavy (non-hydrogen) atoms. The van der Waals surface area contributed by atoms with Crippen LogP contribution in [0.5, 0.6) is 0 Å². The Morgan fingerprint density at radius 3 is 2.55 bits per heavy atom. The second-order valence-corrected chi connectivity index (χ2v) is 4.07. The van der Waals surface area contributed by atoms with E-state index in [1.165, 1.54) is 18.5 Å². The molecular weight excluding hydrogens is 266 g/mol. The molecule has 0 saturated carbocycles. The standard InChI is InChI=1S/C11H11N5O4/c12-4-9-6-14(7-13-9)5-8-1-2-10(15(17)18)3-11(8)16(19)20/h1-3,6-7H,4-5,12H2. The number of non-ortho nitro benzene ring substituents is 1. The average Bonchev–Trinajstić information content (AvgIpc) is 2.86. The van der Waals surface area contributed by atoms with Crippen LogP contribution in [0.1, 0.15) is 11.3 Å². The summed E-state index contributed by atoms with van der Waals surface area (Å²) in [5, 5.41) is 21.6. The fourth-order valence-electron chi connectivity index (χ4n) is 1.76. The smallest absolute Gasteiger partial charge is 0.281 e. The highest BCUT2D eigenvalue weighted by molar-refractivity contribution is 5.49. The van der Waals surface area contributed by atoms with E-state index in [1.54, 1.807) is 10.8 Å². The van der Waals surface area contributed by atoms with Gasteiger partial charge in [-0.15, -0.1) is 0 Å². The van der Waals surface area contributed by atoms with E-state index in [0.29, 0.717) is 11.3 Å². The Kier molecular flexibility index (Phi) is 3.71. The SMILES string of the molecule is NCc1cn(Cc2ccc([N+](=O)[O-])cc2[N+](=O)[O-])cn1. The molecule has 0 fully saturated rings. The molecule has 1 aromatic carbocycles. The van der Waals surface area contributed by atoms with Gasteiger partial charge in [0.05, 0.1) is 40.0 Å². The van der Waals surface area contributed by atoms with E-state index in [2.05, 4.69) is 4.98 Å². The van der Waals surface area contributed by atoms with Crippen LogP contribution >= 0.6 is 0 Å². The largest absolute Gasteiger partial charge is 0.332 e. The number of rotatable bonds is 5. The molecule has 2 aromatic rings. The fourth-order valence-corrected chi connectivity index (χ4v) is 1.76. The topological polar surface area (TPSA) is 130 Å². The van der Waals surface area contributed by atoms with Crippen molar-refractivity contribution < 1.29 is 9.85 Å². The van der Waals surface area contributed by atoms with E-state index in [0.717, 1.165) is 6.07 Å². The zero-order chi connectivity index (χ0) is 14.7. The molecule has 0 unspecified atom stereocenters. The molecule has 2 N–H and O–H groups in total. The van der Waals surface area contributed by atoms with E-state index in [9.17, 15) is 20.2 Å². The van der Waals surface area contributed by atoms with E-state index >= 15 is 0 Å². The van der Waals surface area contributed by atoms with Crippen molar-refractivity contribution in [3.63, 3.8) is 0 Å². The lowest BCUT2D eigenvalue weighted by Gasteiger charge is -2.03. The number of hydrogen-bond donors (Lipinski definition) is 1. The van der Waals surface area contributed by atoms with Gasteiger partial charge in [-0.2, -0.15) is 0 Å². The van der Waals surface area contributed by atoms with Gasteiger partial charge in [0.15, 0.2) is 0 Å². The molecule has 0 aliphatic rings. The van der Waals surface area contributed by atoms with Crippen LogP contribution in [-0.4, -0.2) is 19.4 Å². The molecule has 0 atom stereocenters. The zero-order valence-corrected chi connectivity index (χ0v) is 10.3. The lowest BCUT2D eigenvalue weighted by molar-refractivity contribution is -0.394. The predicted octanol–water partition coefficient (Wildman–Crippen LogP) is 1.21. The summed E-state index contributed by atoms with van der Waals surface area (Å²) in [5.41, 5.74) is 5.85. The summed E-state index contributed by atoms with van der Waals surface area (Å²) in [6, 6.07) is 3.57. The van der Waals surface area contributed by atoms with Gasteiger partial charge in [0.25, 0.3) is 11.4 Å². The molecule has 0 spiro atoms. The molecule has 0 amide bonds. The molecule has 2 rings (SSSR count). The molecule has 0 bridgehead atoms. The molecule has 104 valence electrons. The van der Waals surface area contributed by atoms with Crippen LogP contribution in [0.3, 0.4) is 0 Å². The van der Waals surface area contributed by atoms with E-state index in [4.69, 9.17) is 5.73 Å². The summed E-state index contributed by atoms with van der Waals surface area (Å²) >= 11 is 0. The summed E-state index contributed by atoms with van der Waals surface area (Å²) < 4.78 is 1.64. The Labute approximate surface area is 113 Å². The van der Waals surface area contributed by atoms with Crippen molar-refractivity contribution in [1.82, 2.24) is 9.55 Å². The highest BCUT2D eigenvalue weighted by Gasteiger charge is 2.19. The van der Waals surface area contributed by atoms with Gasteiger partial charge in [-0.3, -0.25) is 20.2 Å². The monoisotopic (exact) mass is 277 g/mol. The second-order valence-electron chi connectivity index (χ2n) is 4.07. The van der Waals surface area contributed by atoms with Crippen molar-refractivity contribution in [3.8, 4) is 0 Å². The van der Waals surface area contributed by atoms with E-state index < -0.39 is 9.85 Å². The molecule has 1 aromatic heterocycles. The molecular formula is C11H11N5O4. The zero-order valence-electron chi connectivity index (χ0n) is 10.3. The minimum absolute atomic E-state index is 0.196. The minimum Gasteiger partial charge on any atom is -0.332 e. The molecule has 0 saturated heterocycles. The molecule has 0 aliphatic heterocycles. The van der Waals surface area contributed by atoms with Gasteiger partial charge in [-0.05, 0) is 6.07 Å². The summed E-state index contributed by atoms with van der Waals surface area (Å²) in [5.74, 6) is 0. The molecule has 9 heteroatoms. The van der Waals surface area contributed by atoms with Crippen LogP contribution in [0.4, 0.5) is 11.4 Å². The number of hydrogen-bond acceptors (Lipinski definition) is 6. The van der Waals surface area contributed by atoms with Crippen molar-refractivity contribution in [3.05, 3.63) is 62.2 Å². The maximum atomic E-state index is 11.0. The van der Waals surface area contributed by atoms with Crippen molar-refractivity contribution in [2.45, 2.75) is 13.1 Å². The van der Waals surface area contributed by atoms with Crippen molar-refractivity contribution in [1.29, 1.82) is 0 Å². The highest BCUT2D eigenvalue weighted by Crippen LogP contribution is 2.25. The third kappa shape index (κ3) is 2.78. The first-order valence-corrected chi connectivity index (χ1v) is 5.63. The van der Waals surface area contributed by atoms with Crippen molar-refractivity contribution in [2.24, 2.45) is 5.73 Å². The van der Waals surface area contributed by atoms with Gasteiger partial charge in [-0.1, -0.05) is 0 Å². The van der Waals surface area contributed by atoms with Gasteiger partial charge in [0, 0.05) is 18.8 Å². The molecule has 1 heterocycles. The summed E-state index contributed by atoms with van der Waals surface area (Å²) in [4.78, 5) is 24.3. The molecule has 0 aliphatic carbocycles. The van der Waals surface area contributed by atoms with E-state index in [1.807, 2.05) is 0 Å². The van der Waals surface area contributed by atoms with E-state index in [-0.39, 0.29) is 24.5 Å². The number of nitrogens with zero attached hydrogens (tertiary/aromatic N) is 4. The fraction of sp³-hybridized carbons (Fsp3) is 0.182. The minimum atomic E-state index is -0.666. The van der Waals surface area contributed by atoms with Gasteiger partial charge in [0.2, 0.25) is 0 Å². The highest BCUT2D eigenvalue weighted by atomic mass is 16.6. The summed E-state index contributed by atoms with van der Waals surface area (Å²) in [6.07, 6.45) is 3.18. The Balaban J connectivity index is 2.35. The first kappa shape index (κ1) is 13.6. The maximum Gasteiger partial charge on any atom is 0.281 e. The third-order valence-electron chi connectivity index (χ3n) is 2.73. The van der Waals surface area contributed by atoms with Crippen LogP contribution in [0, 0.1) is 20.2 Å². The Morgan fingerprint density at radius 1 is 1.25 bits per heavy atom. The van der Waals surface area contributed by atoms with Crippen LogP contribution in [0.2, 0.25) is 0 Å². The van der Waals surface area contributed by atoms with Crippen LogP contribution in [0.25, 0.3) is 0 Å². The summed E-state index contributed by atoms with van der Waals surface area (Å²) in [7, 11) is 0. The van der Waals surface area contributed by atoms with Crippen LogP contribution < -0.4 is 5.73 Å². The lowest BCUT2D eigenvalue weighted by atomic mass is 10.1. The maximum absolute atomic E-state index is 11.0. The third-order valence-corrected chi connectivity index (χ3v) is 2.73. The average molecular weight is 277 g/mol. The summed E-state index contributed by atoms with van der Waals surface area (Å²) in [6.45, 7) is 0.469. The van der Waals surface area contributed by atoms with Gasteiger partial charge in [0.1, 0.15) is 0 Å². The first-order chi connectivity index (χ1) is 9.51. The normalized spacial score (nSPS) is 10.4. The number of imidazole rings is 1. The van der Waals surface area contributed by atoms with Gasteiger partial charge in [-0.25, -0.2) is 4.98 Å². The van der Waals surface area contributed by atoms with Gasteiger partial charge >= 0.3 is 0 Å². The van der Waals surface area contributed by atoms with Crippen LogP contribution in [-0.2, 0) is 13.1 Å². The number of aromatic nitrogens is 2.